The van der Waals surface area contributed by atoms with Gasteiger partial charge in [0.1, 0.15) is 5.82 Å². The molecule has 0 spiro atoms. The van der Waals surface area contributed by atoms with Gasteiger partial charge in [0, 0.05) is 81.0 Å². The third-order valence-electron chi connectivity index (χ3n) is 13.2. The predicted octanol–water partition coefficient (Wildman–Crippen LogP) is 16.7. The molecule has 10 aromatic rings. The van der Waals surface area contributed by atoms with E-state index in [0.717, 1.165) is 49.2 Å². The maximum absolute atomic E-state index is 10.4. The van der Waals surface area contributed by atoms with Crippen LogP contribution in [0.3, 0.4) is 0 Å². The van der Waals surface area contributed by atoms with Gasteiger partial charge < -0.3 is 9.30 Å². The minimum atomic E-state index is -4.84. The molecular weight excluding hydrogens is 1100 g/mol. The first kappa shape index (κ1) is 23.3. The molecule has 382 valence electrons. The topological polar surface area (TPSA) is 48.8 Å². The molecule has 6 aromatic carbocycles. The molecule has 6 nitrogen and oxygen atoms in total. The van der Waals surface area contributed by atoms with Crippen LogP contribution in [0, 0.1) is 18.5 Å². The number of nitrogens with zero attached hydrogens (tertiary/aromatic N) is 5. The Kier molecular flexibility index (Phi) is 5.69. The standard InChI is InChI=1S/C68H67N5O.Pt/c1-12-68(11)35-34-67(9,10)56-39-45(25-29-54(56)68)50-20-17-19-49(44-24-28-53-55(38-44)66(7,8)33-32-65(53,5)6)63(50)72-43-71(58-22-15-16-23-59(58)72)61-42-48(31-37-69-61)74-47-26-27-52-51-18-13-14-21-57(51)73(60(52)41-47)62-40-46(30-36-70-62)64(2,3)4;/h13-31,36-40H,12,32-35H2,1-11H3;/q-2;/i5D3,6D3,7D3,8D3,9D3,10D3,11D3,12D2,24D,25D,28D,29D,32D2,33D2,34D2,35D2,38D,39D;. The molecule has 1 atom stereocenters. The Hall–Kier alpha value is -6.62. The van der Waals surface area contributed by atoms with Crippen LogP contribution >= 0.6 is 0 Å². The second-order valence-electron chi connectivity index (χ2n) is 19.2. The molecule has 75 heavy (non-hydrogen) atoms. The van der Waals surface area contributed by atoms with Gasteiger partial charge in [-0.1, -0.05) is 184 Å². The Bertz CT molecular complexity index is 5270. The second-order valence-corrected chi connectivity index (χ2v) is 19.2. The van der Waals surface area contributed by atoms with Crippen LogP contribution in [-0.4, -0.2) is 19.1 Å². The monoisotopic (exact) mass is 1200 g/mol. The first-order chi connectivity index (χ1) is 50.4. The first-order valence-corrected chi connectivity index (χ1v) is 23.3. The molecule has 1 unspecified atom stereocenters. The molecule has 2 aliphatic rings. The SMILES string of the molecule is [2H]c1c([2H])c2c(c([2H])c1-c1cccc(-c3c([2H])c([2H])c4c(c3[2H])C(C([2H])([2H])[2H])(C([2H])([2H])[2H])C([2H])([2H])C([2H])([2H])C4(C([2H])([2H])[2H])C([2H])([2H])C)c1-[n+]1[c-]n(-c3[c-]c(Oc4[c-]c5c(cc4)c4ccccc4n5-c4cc(C(C)(C)C)ccn4)ccn3)c3ccccc31)C(C([2H])([2H])[2H])(C([2H])([2H])[2H])C([2H])([2H])C([2H])([2H])C2(C([2H])([2H])[2H])C([2H])([2H])[2H].[Pt]. The number of aromatic nitrogens is 5. The Morgan fingerprint density at radius 3 is 2.03 bits per heavy atom. The number of hydrogen-bond acceptors (Lipinski definition) is 3. The summed E-state index contributed by atoms with van der Waals surface area (Å²) in [5.74, 6) is 0.353. The van der Waals surface area contributed by atoms with Gasteiger partial charge in [-0.15, -0.1) is 17.5 Å². The van der Waals surface area contributed by atoms with Gasteiger partial charge in [-0.3, -0.25) is 14.1 Å². The van der Waals surface area contributed by atoms with E-state index in [4.69, 9.17) is 38.5 Å². The quantitative estimate of drug-likeness (QED) is 0.113. The van der Waals surface area contributed by atoms with E-state index in [1.54, 1.807) is 18.3 Å². The fourth-order valence-electron chi connectivity index (χ4n) is 9.42. The van der Waals surface area contributed by atoms with Crippen molar-refractivity contribution in [1.82, 2.24) is 19.1 Å². The number of imidazole rings is 1. The van der Waals surface area contributed by atoms with Crippen molar-refractivity contribution in [3.63, 3.8) is 0 Å². The summed E-state index contributed by atoms with van der Waals surface area (Å²) in [7, 11) is 0. The van der Waals surface area contributed by atoms with Gasteiger partial charge in [0.15, 0.2) is 0 Å². The molecule has 0 fully saturated rings. The van der Waals surface area contributed by atoms with Gasteiger partial charge in [-0.25, -0.2) is 4.98 Å². The Balaban J connectivity index is 0.0000124. The Labute approximate surface area is 510 Å². The Morgan fingerprint density at radius 2 is 1.32 bits per heavy atom. The number of hydrogen-bond donors (Lipinski definition) is 0. The van der Waals surface area contributed by atoms with E-state index in [0.29, 0.717) is 18.3 Å². The smallest absolute Gasteiger partial charge is 0.269 e. The molecule has 0 N–H and O–H groups in total. The maximum Gasteiger partial charge on any atom is 0.269 e. The second kappa shape index (κ2) is 18.3. The third kappa shape index (κ3) is 8.56. The fourth-order valence-corrected chi connectivity index (χ4v) is 9.42. The number of ether oxygens (including phenoxy) is 1. The predicted molar refractivity (Wildman–Crippen MR) is 303 cm³/mol. The summed E-state index contributed by atoms with van der Waals surface area (Å²) in [6, 6.07) is 20.8. The van der Waals surface area contributed by atoms with Crippen molar-refractivity contribution in [1.29, 1.82) is 0 Å². The van der Waals surface area contributed by atoms with E-state index >= 15 is 0 Å². The minimum absolute atomic E-state index is 0. The molecule has 0 saturated heterocycles. The van der Waals surface area contributed by atoms with E-state index in [-0.39, 0.29) is 54.8 Å². The molecule has 0 bridgehead atoms. The molecular formula is C68H67N5OPt-2. The number of fused-ring (bicyclic) bond motifs is 6. The molecule has 0 saturated carbocycles. The summed E-state index contributed by atoms with van der Waals surface area (Å²) < 4.78 is 355. The van der Waals surface area contributed by atoms with Crippen molar-refractivity contribution < 1.29 is 81.1 Å². The minimum Gasteiger partial charge on any atom is -0.522 e. The largest absolute Gasteiger partial charge is 0.522 e. The molecule has 0 radical (unpaired) electrons. The van der Waals surface area contributed by atoms with Crippen LogP contribution in [0.25, 0.3) is 72.4 Å². The van der Waals surface area contributed by atoms with Gasteiger partial charge in [0.05, 0.1) is 30.8 Å². The van der Waals surface area contributed by atoms with E-state index in [1.165, 1.54) is 36.5 Å². The van der Waals surface area contributed by atoms with Crippen molar-refractivity contribution in [3.05, 3.63) is 192 Å². The maximum atomic E-state index is 10.4. The summed E-state index contributed by atoms with van der Waals surface area (Å²) in [6.45, 7) is -25.0. The normalized spacial score (nSPS) is 28.9. The van der Waals surface area contributed by atoms with Crippen LogP contribution in [-0.2, 0) is 48.1 Å². The zero-order valence-electron chi connectivity index (χ0n) is 77.4. The fraction of sp³-hybridized carbons (Fsp3) is 0.309. The van der Waals surface area contributed by atoms with Crippen LogP contribution in [0.4, 0.5) is 0 Å². The van der Waals surface area contributed by atoms with Crippen LogP contribution in [0.5, 0.6) is 11.5 Å². The van der Waals surface area contributed by atoms with Crippen LogP contribution in [0.15, 0.2) is 146 Å². The molecule has 0 aliphatic heterocycles. The number of para-hydroxylation sites is 4. The van der Waals surface area contributed by atoms with Crippen molar-refractivity contribution in [3.8, 4) is 51.1 Å². The summed E-state index contributed by atoms with van der Waals surface area (Å²) in [6.07, 6.45) is -16.8. The van der Waals surface area contributed by atoms with E-state index in [9.17, 15) is 21.9 Å². The Morgan fingerprint density at radius 1 is 0.680 bits per heavy atom. The summed E-state index contributed by atoms with van der Waals surface area (Å²) in [4.78, 5) is 9.30. The molecule has 4 heterocycles. The number of pyridine rings is 2. The first-order valence-electron chi connectivity index (χ1n) is 41.8. The average Bonchev–Trinajstić information content (AvgIpc) is 0.674. The number of benzene rings is 6. The number of rotatable bonds is 8. The van der Waals surface area contributed by atoms with E-state index in [2.05, 4.69) is 44.2 Å². The van der Waals surface area contributed by atoms with Gasteiger partial charge in [0.2, 0.25) is 0 Å². The summed E-state index contributed by atoms with van der Waals surface area (Å²) in [5, 5.41) is 1.60. The molecule has 2 aliphatic carbocycles. The van der Waals surface area contributed by atoms with Crippen LogP contribution < -0.4 is 9.30 Å². The summed E-state index contributed by atoms with van der Waals surface area (Å²) >= 11 is 0. The van der Waals surface area contributed by atoms with Gasteiger partial charge in [-0.2, -0.15) is 18.2 Å². The van der Waals surface area contributed by atoms with Gasteiger partial charge >= 0.3 is 0 Å². The zero-order chi connectivity index (χ0) is 83.2. The van der Waals surface area contributed by atoms with Crippen LogP contribution in [0.2, 0.25) is 0 Å². The van der Waals surface area contributed by atoms with Crippen molar-refractivity contribution in [2.24, 2.45) is 0 Å². The average molecular weight is 1200 g/mol. The molecule has 7 heteroatoms. The third-order valence-corrected chi connectivity index (χ3v) is 13.2. The van der Waals surface area contributed by atoms with Crippen molar-refractivity contribution in [2.45, 2.75) is 135 Å². The van der Waals surface area contributed by atoms with E-state index in [1.807, 2.05) is 41.0 Å². The summed E-state index contributed by atoms with van der Waals surface area (Å²) in [5.41, 5.74) is -29.1. The van der Waals surface area contributed by atoms with Crippen molar-refractivity contribution >= 4 is 32.8 Å². The zero-order valence-corrected chi connectivity index (χ0v) is 42.6. The van der Waals surface area contributed by atoms with Gasteiger partial charge in [0.25, 0.3) is 6.33 Å². The molecule has 4 aromatic heterocycles. The van der Waals surface area contributed by atoms with Gasteiger partial charge in [-0.05, 0) is 138 Å². The van der Waals surface area contributed by atoms with Crippen LogP contribution in [0.1, 0.15) is 186 Å². The molecule has 12 rings (SSSR count). The van der Waals surface area contributed by atoms with E-state index < -0.39 is 188 Å². The molecule has 0 amide bonds. The van der Waals surface area contributed by atoms with Crippen molar-refractivity contribution in [2.75, 3.05) is 0 Å².